The number of nitrogens with zero attached hydrogens (tertiary/aromatic N) is 1. The molecule has 0 radical (unpaired) electrons. The number of amides is 1. The lowest BCUT2D eigenvalue weighted by atomic mass is 9.97. The number of carbonyl (C=O) groups excluding carboxylic acids is 2. The Bertz CT molecular complexity index is 950. The van der Waals surface area contributed by atoms with Crippen LogP contribution in [-0.4, -0.2) is 52.1 Å². The number of hydrogen-bond acceptors (Lipinski definition) is 7. The standard InChI is InChI=1S/C19H22N2O6S2/c1-26-18(22)17-16(9-12-28-17)29(24,25)20-13-14-7-10-21(11-8-14)19(23)27-15-5-3-2-4-6-15/h2-6,9,12,14,20H,7-8,10-11,13H2,1H3. The normalized spacial score (nSPS) is 15.1. The first-order valence-electron chi connectivity index (χ1n) is 9.08. The van der Waals surface area contributed by atoms with Crippen LogP contribution in [-0.2, 0) is 14.8 Å². The number of nitrogens with one attached hydrogen (secondary N) is 1. The average molecular weight is 439 g/mol. The minimum atomic E-state index is -3.82. The molecule has 156 valence electrons. The molecule has 1 saturated heterocycles. The lowest BCUT2D eigenvalue weighted by Crippen LogP contribution is -2.42. The van der Waals surface area contributed by atoms with Crippen molar-refractivity contribution in [3.63, 3.8) is 0 Å². The molecule has 8 nitrogen and oxygen atoms in total. The Hall–Kier alpha value is -2.43. The molecule has 29 heavy (non-hydrogen) atoms. The number of carbonyl (C=O) groups is 2. The van der Waals surface area contributed by atoms with Crippen molar-refractivity contribution in [1.29, 1.82) is 0 Å². The van der Waals surface area contributed by atoms with Gasteiger partial charge in [-0.15, -0.1) is 11.3 Å². The summed E-state index contributed by atoms with van der Waals surface area (Å²) >= 11 is 1.02. The lowest BCUT2D eigenvalue weighted by Gasteiger charge is -2.31. The maximum atomic E-state index is 12.6. The Labute approximate surface area is 173 Å². The molecule has 3 rings (SSSR count). The Morgan fingerprint density at radius 2 is 1.86 bits per heavy atom. The Balaban J connectivity index is 1.50. The fourth-order valence-corrected chi connectivity index (χ4v) is 5.48. The fourth-order valence-electron chi connectivity index (χ4n) is 3.03. The number of ether oxygens (including phenoxy) is 2. The second kappa shape index (κ2) is 9.38. The highest BCUT2D eigenvalue weighted by Gasteiger charge is 2.28. The molecule has 10 heteroatoms. The van der Waals surface area contributed by atoms with Gasteiger partial charge in [-0.25, -0.2) is 22.7 Å². The molecule has 0 aliphatic carbocycles. The number of rotatable bonds is 6. The first-order chi connectivity index (χ1) is 13.9. The van der Waals surface area contributed by atoms with E-state index in [1.807, 2.05) is 6.07 Å². The molecule has 2 heterocycles. The number of likely N-dealkylation sites (tertiary alicyclic amines) is 1. The zero-order valence-corrected chi connectivity index (χ0v) is 17.5. The lowest BCUT2D eigenvalue weighted by molar-refractivity contribution is 0.0602. The van der Waals surface area contributed by atoms with Gasteiger partial charge in [-0.05, 0) is 42.3 Å². The second-order valence-electron chi connectivity index (χ2n) is 6.57. The van der Waals surface area contributed by atoms with Crippen LogP contribution < -0.4 is 9.46 Å². The number of sulfonamides is 1. The highest BCUT2D eigenvalue weighted by molar-refractivity contribution is 7.89. The van der Waals surface area contributed by atoms with Gasteiger partial charge >= 0.3 is 12.1 Å². The average Bonchev–Trinajstić information content (AvgIpc) is 3.24. The van der Waals surface area contributed by atoms with Gasteiger partial charge in [0.15, 0.2) is 0 Å². The van der Waals surface area contributed by atoms with Crippen molar-refractivity contribution in [3.8, 4) is 5.75 Å². The number of methoxy groups -OCH3 is 1. The molecule has 1 aliphatic heterocycles. The molecular weight excluding hydrogens is 416 g/mol. The van der Waals surface area contributed by atoms with Crippen molar-refractivity contribution in [2.75, 3.05) is 26.7 Å². The topological polar surface area (TPSA) is 102 Å². The van der Waals surface area contributed by atoms with E-state index in [1.165, 1.54) is 18.6 Å². The van der Waals surface area contributed by atoms with Crippen molar-refractivity contribution in [1.82, 2.24) is 9.62 Å². The van der Waals surface area contributed by atoms with Crippen molar-refractivity contribution in [2.24, 2.45) is 5.92 Å². The molecule has 0 unspecified atom stereocenters. The van der Waals surface area contributed by atoms with E-state index in [2.05, 4.69) is 9.46 Å². The molecule has 0 spiro atoms. The summed E-state index contributed by atoms with van der Waals surface area (Å²) in [7, 11) is -2.61. The van der Waals surface area contributed by atoms with Crippen molar-refractivity contribution in [3.05, 3.63) is 46.7 Å². The molecule has 1 aromatic carbocycles. The molecule has 0 bridgehead atoms. The third-order valence-electron chi connectivity index (χ3n) is 4.67. The predicted molar refractivity (Wildman–Crippen MR) is 108 cm³/mol. The van der Waals surface area contributed by atoms with Gasteiger partial charge in [-0.2, -0.15) is 0 Å². The van der Waals surface area contributed by atoms with Crippen LogP contribution in [0.5, 0.6) is 5.75 Å². The van der Waals surface area contributed by atoms with E-state index in [0.29, 0.717) is 31.7 Å². The van der Waals surface area contributed by atoms with Gasteiger partial charge in [0.05, 0.1) is 7.11 Å². The van der Waals surface area contributed by atoms with Crippen LogP contribution >= 0.6 is 11.3 Å². The van der Waals surface area contributed by atoms with E-state index in [-0.39, 0.29) is 22.2 Å². The van der Waals surface area contributed by atoms with Crippen molar-refractivity contribution < 1.29 is 27.5 Å². The van der Waals surface area contributed by atoms with Crippen LogP contribution in [0, 0.1) is 5.92 Å². The molecule has 1 fully saturated rings. The van der Waals surface area contributed by atoms with Gasteiger partial charge < -0.3 is 14.4 Å². The maximum Gasteiger partial charge on any atom is 0.415 e. The minimum absolute atomic E-state index is 0.0541. The summed E-state index contributed by atoms with van der Waals surface area (Å²) in [6.45, 7) is 1.22. The predicted octanol–water partition coefficient (Wildman–Crippen LogP) is 2.72. The van der Waals surface area contributed by atoms with Crippen LogP contribution in [0.4, 0.5) is 4.79 Å². The number of thiophene rings is 1. The van der Waals surface area contributed by atoms with Crippen LogP contribution in [0.1, 0.15) is 22.5 Å². The second-order valence-corrected chi connectivity index (χ2v) is 9.22. The highest BCUT2D eigenvalue weighted by atomic mass is 32.2. The van der Waals surface area contributed by atoms with Gasteiger partial charge in [-0.1, -0.05) is 18.2 Å². The fraction of sp³-hybridized carbons (Fsp3) is 0.368. The van der Waals surface area contributed by atoms with Gasteiger partial charge in [0, 0.05) is 19.6 Å². The molecule has 2 aromatic rings. The van der Waals surface area contributed by atoms with Crippen LogP contribution in [0.15, 0.2) is 46.7 Å². The SMILES string of the molecule is COC(=O)c1sccc1S(=O)(=O)NCC1CCN(C(=O)Oc2ccccc2)CC1. The number of hydrogen-bond donors (Lipinski definition) is 1. The number of para-hydroxylation sites is 1. The van der Waals surface area contributed by atoms with E-state index in [1.54, 1.807) is 29.2 Å². The van der Waals surface area contributed by atoms with E-state index in [4.69, 9.17) is 4.74 Å². The van der Waals surface area contributed by atoms with E-state index < -0.39 is 22.1 Å². The summed E-state index contributed by atoms with van der Waals surface area (Å²) in [6, 6.07) is 10.2. The maximum absolute atomic E-state index is 12.6. The van der Waals surface area contributed by atoms with Crippen molar-refractivity contribution in [2.45, 2.75) is 17.7 Å². The molecule has 1 aromatic heterocycles. The van der Waals surface area contributed by atoms with E-state index in [9.17, 15) is 18.0 Å². The minimum Gasteiger partial charge on any atom is -0.465 e. The van der Waals surface area contributed by atoms with Gasteiger partial charge in [0.1, 0.15) is 15.5 Å². The zero-order valence-electron chi connectivity index (χ0n) is 15.9. The molecular formula is C19H22N2O6S2. The Kier molecular flexibility index (Phi) is 6.88. The number of piperidine rings is 1. The summed E-state index contributed by atoms with van der Waals surface area (Å²) in [5, 5.41) is 1.54. The van der Waals surface area contributed by atoms with Crippen LogP contribution in [0.3, 0.4) is 0 Å². The first-order valence-corrected chi connectivity index (χ1v) is 11.4. The largest absolute Gasteiger partial charge is 0.465 e. The number of esters is 1. The Morgan fingerprint density at radius 3 is 2.52 bits per heavy atom. The van der Waals surface area contributed by atoms with E-state index in [0.717, 1.165) is 11.3 Å². The zero-order chi connectivity index (χ0) is 20.9. The smallest absolute Gasteiger partial charge is 0.415 e. The quantitative estimate of drug-likeness (QED) is 0.696. The van der Waals surface area contributed by atoms with Gasteiger partial charge in [0.25, 0.3) is 0 Å². The molecule has 0 saturated carbocycles. The summed E-state index contributed by atoms with van der Waals surface area (Å²) < 4.78 is 37.6. The highest BCUT2D eigenvalue weighted by Crippen LogP contribution is 2.24. The molecule has 1 aliphatic rings. The summed E-state index contributed by atoms with van der Waals surface area (Å²) in [5.74, 6) is -0.0964. The molecule has 1 N–H and O–H groups in total. The van der Waals surface area contributed by atoms with Gasteiger partial charge in [0.2, 0.25) is 10.0 Å². The van der Waals surface area contributed by atoms with E-state index >= 15 is 0 Å². The Morgan fingerprint density at radius 1 is 1.17 bits per heavy atom. The third kappa shape index (κ3) is 5.34. The van der Waals surface area contributed by atoms with Crippen LogP contribution in [0.2, 0.25) is 0 Å². The monoisotopic (exact) mass is 438 g/mol. The summed E-state index contributed by atoms with van der Waals surface area (Å²) in [4.78, 5) is 25.6. The number of benzene rings is 1. The van der Waals surface area contributed by atoms with Crippen molar-refractivity contribution >= 4 is 33.4 Å². The third-order valence-corrected chi connectivity index (χ3v) is 7.16. The van der Waals surface area contributed by atoms with Gasteiger partial charge in [-0.3, -0.25) is 0 Å². The first kappa shape index (κ1) is 21.3. The molecule has 0 atom stereocenters. The van der Waals surface area contributed by atoms with Crippen LogP contribution in [0.25, 0.3) is 0 Å². The summed E-state index contributed by atoms with van der Waals surface area (Å²) in [6.07, 6.45) is 0.899. The summed E-state index contributed by atoms with van der Waals surface area (Å²) in [5.41, 5.74) is 0. The molecule has 1 amide bonds.